The number of ether oxygens (including phenoxy) is 1. The minimum absolute atomic E-state index is 0.128. The molecule has 0 amide bonds. The molecule has 2 rings (SSSR count). The first kappa shape index (κ1) is 15.0. The van der Waals surface area contributed by atoms with Gasteiger partial charge in [0.25, 0.3) is 0 Å². The highest BCUT2D eigenvalue weighted by molar-refractivity contribution is 5.40. The second-order valence-corrected chi connectivity index (χ2v) is 5.03. The number of halogens is 1. The van der Waals surface area contributed by atoms with E-state index >= 15 is 0 Å². The van der Waals surface area contributed by atoms with Gasteiger partial charge in [0.1, 0.15) is 18.2 Å². The van der Waals surface area contributed by atoms with Gasteiger partial charge in [0, 0.05) is 17.2 Å². The van der Waals surface area contributed by atoms with Crippen molar-refractivity contribution in [2.45, 2.75) is 26.5 Å². The lowest BCUT2D eigenvalue weighted by molar-refractivity contribution is 0.300. The lowest BCUT2D eigenvalue weighted by Crippen LogP contribution is -2.09. The van der Waals surface area contributed by atoms with Crippen LogP contribution in [-0.4, -0.2) is 0 Å². The summed E-state index contributed by atoms with van der Waals surface area (Å²) < 4.78 is 19.0. The SMILES string of the molecule is Cc1ccc(OCc2cc(F)ccc2C#N)c([C@H](C)N)c1. The molecule has 0 radical (unpaired) electrons. The Morgan fingerprint density at radius 1 is 1.29 bits per heavy atom. The van der Waals surface area contributed by atoms with E-state index in [1.807, 2.05) is 38.1 Å². The molecule has 2 aromatic rings. The van der Waals surface area contributed by atoms with Crippen LogP contribution >= 0.6 is 0 Å². The summed E-state index contributed by atoms with van der Waals surface area (Å²) in [5.74, 6) is 0.271. The van der Waals surface area contributed by atoms with Crippen LogP contribution in [0.4, 0.5) is 4.39 Å². The van der Waals surface area contributed by atoms with Crippen molar-refractivity contribution in [2.75, 3.05) is 0 Å². The van der Waals surface area contributed by atoms with Crippen LogP contribution in [0.15, 0.2) is 36.4 Å². The number of rotatable bonds is 4. The second-order valence-electron chi connectivity index (χ2n) is 5.03. The third-order valence-electron chi connectivity index (χ3n) is 3.23. The molecule has 0 saturated heterocycles. The Kier molecular flexibility index (Phi) is 4.56. The van der Waals surface area contributed by atoms with Gasteiger partial charge in [-0.25, -0.2) is 4.39 Å². The molecule has 0 heterocycles. The first-order valence-corrected chi connectivity index (χ1v) is 6.68. The summed E-state index contributed by atoms with van der Waals surface area (Å²) in [5.41, 5.74) is 8.86. The number of hydrogen-bond donors (Lipinski definition) is 1. The Labute approximate surface area is 123 Å². The maximum Gasteiger partial charge on any atom is 0.124 e. The van der Waals surface area contributed by atoms with Crippen LogP contribution < -0.4 is 10.5 Å². The standard InChI is InChI=1S/C17H17FN2O/c1-11-3-6-17(16(7-11)12(2)20)21-10-14-8-15(18)5-4-13(14)9-19/h3-8,12H,10,20H2,1-2H3/t12-/m0/s1. The Morgan fingerprint density at radius 3 is 2.71 bits per heavy atom. The van der Waals surface area contributed by atoms with E-state index in [1.165, 1.54) is 18.2 Å². The molecule has 2 aromatic carbocycles. The van der Waals surface area contributed by atoms with Gasteiger partial charge in [-0.2, -0.15) is 5.26 Å². The molecule has 0 unspecified atom stereocenters. The number of aryl methyl sites for hydroxylation is 1. The molecular formula is C17H17FN2O. The molecule has 0 aliphatic carbocycles. The third kappa shape index (κ3) is 3.59. The smallest absolute Gasteiger partial charge is 0.124 e. The van der Waals surface area contributed by atoms with Crippen molar-refractivity contribution in [1.82, 2.24) is 0 Å². The van der Waals surface area contributed by atoms with Crippen LogP contribution in [0.1, 0.15) is 35.2 Å². The molecule has 1 atom stereocenters. The van der Waals surface area contributed by atoms with E-state index in [-0.39, 0.29) is 18.5 Å². The van der Waals surface area contributed by atoms with Crippen molar-refractivity contribution in [3.63, 3.8) is 0 Å². The summed E-state index contributed by atoms with van der Waals surface area (Å²) in [5, 5.41) is 9.04. The average molecular weight is 284 g/mol. The summed E-state index contributed by atoms with van der Waals surface area (Å²) in [6.45, 7) is 3.99. The fourth-order valence-corrected chi connectivity index (χ4v) is 2.10. The largest absolute Gasteiger partial charge is 0.489 e. The van der Waals surface area contributed by atoms with Crippen molar-refractivity contribution >= 4 is 0 Å². The summed E-state index contributed by atoms with van der Waals surface area (Å²) >= 11 is 0. The fraction of sp³-hybridized carbons (Fsp3) is 0.235. The van der Waals surface area contributed by atoms with Crippen molar-refractivity contribution in [1.29, 1.82) is 5.26 Å². The van der Waals surface area contributed by atoms with Gasteiger partial charge in [0.15, 0.2) is 0 Å². The van der Waals surface area contributed by atoms with Gasteiger partial charge in [-0.1, -0.05) is 17.7 Å². The number of nitriles is 1. The first-order chi connectivity index (χ1) is 10.0. The Balaban J connectivity index is 2.25. The zero-order valence-corrected chi connectivity index (χ0v) is 12.1. The molecule has 0 aliphatic heterocycles. The quantitative estimate of drug-likeness (QED) is 0.933. The molecule has 0 fully saturated rings. The van der Waals surface area contributed by atoms with Gasteiger partial charge in [-0.3, -0.25) is 0 Å². The molecule has 0 spiro atoms. The van der Waals surface area contributed by atoms with Crippen LogP contribution in [-0.2, 0) is 6.61 Å². The summed E-state index contributed by atoms with van der Waals surface area (Å²) in [7, 11) is 0. The fourth-order valence-electron chi connectivity index (χ4n) is 2.10. The van der Waals surface area contributed by atoms with Crippen LogP contribution in [0.3, 0.4) is 0 Å². The van der Waals surface area contributed by atoms with Gasteiger partial charge in [0.05, 0.1) is 11.6 Å². The van der Waals surface area contributed by atoms with E-state index in [4.69, 9.17) is 15.7 Å². The maximum atomic E-state index is 13.3. The predicted molar refractivity (Wildman–Crippen MR) is 79.2 cm³/mol. The molecule has 2 N–H and O–H groups in total. The van der Waals surface area contributed by atoms with E-state index in [1.54, 1.807) is 0 Å². The van der Waals surface area contributed by atoms with E-state index in [9.17, 15) is 4.39 Å². The highest BCUT2D eigenvalue weighted by atomic mass is 19.1. The molecule has 21 heavy (non-hydrogen) atoms. The van der Waals surface area contributed by atoms with Crippen molar-refractivity contribution in [2.24, 2.45) is 5.73 Å². The Bertz CT molecular complexity index is 690. The minimum atomic E-state index is -0.385. The monoisotopic (exact) mass is 284 g/mol. The third-order valence-corrected chi connectivity index (χ3v) is 3.23. The Hall–Kier alpha value is -2.38. The zero-order chi connectivity index (χ0) is 15.4. The van der Waals surface area contributed by atoms with Crippen LogP contribution in [0.5, 0.6) is 5.75 Å². The van der Waals surface area contributed by atoms with Crippen LogP contribution in [0.25, 0.3) is 0 Å². The predicted octanol–water partition coefficient (Wildman–Crippen LogP) is 3.60. The number of hydrogen-bond acceptors (Lipinski definition) is 3. The number of nitrogens with zero attached hydrogens (tertiary/aromatic N) is 1. The zero-order valence-electron chi connectivity index (χ0n) is 12.1. The normalized spacial score (nSPS) is 11.8. The maximum absolute atomic E-state index is 13.3. The highest BCUT2D eigenvalue weighted by Gasteiger charge is 2.10. The van der Waals surface area contributed by atoms with E-state index in [0.29, 0.717) is 16.9 Å². The molecular weight excluding hydrogens is 267 g/mol. The van der Waals surface area contributed by atoms with Crippen molar-refractivity contribution in [3.05, 3.63) is 64.5 Å². The van der Waals surface area contributed by atoms with Crippen molar-refractivity contribution in [3.8, 4) is 11.8 Å². The molecule has 3 nitrogen and oxygen atoms in total. The highest BCUT2D eigenvalue weighted by Crippen LogP contribution is 2.26. The van der Waals surface area contributed by atoms with E-state index in [2.05, 4.69) is 0 Å². The van der Waals surface area contributed by atoms with Crippen LogP contribution in [0.2, 0.25) is 0 Å². The van der Waals surface area contributed by atoms with Gasteiger partial charge >= 0.3 is 0 Å². The molecule has 0 aliphatic rings. The summed E-state index contributed by atoms with van der Waals surface area (Å²) in [6, 6.07) is 11.7. The van der Waals surface area contributed by atoms with Crippen LogP contribution in [0, 0.1) is 24.1 Å². The first-order valence-electron chi connectivity index (χ1n) is 6.68. The average Bonchev–Trinajstić information content (AvgIpc) is 2.46. The topological polar surface area (TPSA) is 59.0 Å². The molecule has 0 bridgehead atoms. The second kappa shape index (κ2) is 6.38. The molecule has 0 saturated carbocycles. The summed E-state index contributed by atoms with van der Waals surface area (Å²) in [6.07, 6.45) is 0. The van der Waals surface area contributed by atoms with Crippen molar-refractivity contribution < 1.29 is 9.13 Å². The molecule has 108 valence electrons. The number of nitrogens with two attached hydrogens (primary N) is 1. The lowest BCUT2D eigenvalue weighted by Gasteiger charge is -2.15. The number of benzene rings is 2. The molecule has 0 aromatic heterocycles. The van der Waals surface area contributed by atoms with E-state index in [0.717, 1.165) is 11.1 Å². The molecule has 4 heteroatoms. The summed E-state index contributed by atoms with van der Waals surface area (Å²) in [4.78, 5) is 0. The van der Waals surface area contributed by atoms with Gasteiger partial charge < -0.3 is 10.5 Å². The lowest BCUT2D eigenvalue weighted by atomic mass is 10.0. The Morgan fingerprint density at radius 2 is 2.05 bits per heavy atom. The minimum Gasteiger partial charge on any atom is -0.489 e. The van der Waals surface area contributed by atoms with Gasteiger partial charge in [-0.05, 0) is 38.1 Å². The van der Waals surface area contributed by atoms with Gasteiger partial charge in [0.2, 0.25) is 0 Å². The van der Waals surface area contributed by atoms with E-state index < -0.39 is 0 Å². The van der Waals surface area contributed by atoms with Gasteiger partial charge in [-0.15, -0.1) is 0 Å².